The van der Waals surface area contributed by atoms with Gasteiger partial charge in [0.1, 0.15) is 5.54 Å². The van der Waals surface area contributed by atoms with Crippen LogP contribution in [0.3, 0.4) is 0 Å². The maximum Gasteiger partial charge on any atom is 0.248 e. The van der Waals surface area contributed by atoms with Gasteiger partial charge in [-0.1, -0.05) is 6.07 Å². The summed E-state index contributed by atoms with van der Waals surface area (Å²) in [5.74, 6) is -1.30. The zero-order valence-electron chi connectivity index (χ0n) is 16.6. The van der Waals surface area contributed by atoms with Gasteiger partial charge in [0, 0.05) is 19.1 Å². The summed E-state index contributed by atoms with van der Waals surface area (Å²) in [5, 5.41) is 19.1. The van der Waals surface area contributed by atoms with Crippen LogP contribution in [0.15, 0.2) is 18.2 Å². The summed E-state index contributed by atoms with van der Waals surface area (Å²) in [4.78, 5) is 30.4. The van der Waals surface area contributed by atoms with Crippen molar-refractivity contribution in [2.75, 3.05) is 13.1 Å². The number of likely N-dealkylation sites (tertiary alicyclic amines) is 2. The van der Waals surface area contributed by atoms with Gasteiger partial charge < -0.3 is 20.0 Å². The highest BCUT2D eigenvalue weighted by Crippen LogP contribution is 2.40. The van der Waals surface area contributed by atoms with Gasteiger partial charge in [0.2, 0.25) is 11.8 Å². The summed E-state index contributed by atoms with van der Waals surface area (Å²) >= 11 is 0. The van der Waals surface area contributed by atoms with E-state index < -0.39 is 17.1 Å². The molecule has 29 heavy (non-hydrogen) atoms. The molecule has 4 rings (SSSR count). The number of hydrogen-bond acceptors (Lipinski definition) is 4. The quantitative estimate of drug-likeness (QED) is 0.811. The van der Waals surface area contributed by atoms with Crippen LogP contribution in [0.25, 0.3) is 0 Å². The lowest BCUT2D eigenvalue weighted by molar-refractivity contribution is -0.158. The molecule has 3 aliphatic rings. The lowest BCUT2D eigenvalue weighted by Gasteiger charge is -2.48. The number of carbonyl (C=O) groups is 2. The third-order valence-electron chi connectivity index (χ3n) is 6.91. The second-order valence-electron chi connectivity index (χ2n) is 8.71. The van der Waals surface area contributed by atoms with Crippen molar-refractivity contribution in [2.45, 2.75) is 75.5 Å². The number of aliphatic hydroxyl groups excluding tert-OH is 1. The maximum absolute atomic E-state index is 13.6. The van der Waals surface area contributed by atoms with Gasteiger partial charge in [0.15, 0.2) is 11.6 Å². The smallest absolute Gasteiger partial charge is 0.248 e. The lowest BCUT2D eigenvalue weighted by Crippen LogP contribution is -2.63. The van der Waals surface area contributed by atoms with Crippen molar-refractivity contribution < 1.29 is 24.2 Å². The highest BCUT2D eigenvalue weighted by molar-refractivity contribution is 5.93. The highest BCUT2D eigenvalue weighted by atomic mass is 19.1. The molecule has 3 fully saturated rings. The van der Waals surface area contributed by atoms with Crippen molar-refractivity contribution >= 4 is 11.8 Å². The Balaban J connectivity index is 1.51. The molecule has 7 heteroatoms. The van der Waals surface area contributed by atoms with Gasteiger partial charge in [-0.2, -0.15) is 0 Å². The largest absolute Gasteiger partial charge is 0.505 e. The molecule has 2 aliphatic heterocycles. The molecule has 158 valence electrons. The second-order valence-corrected chi connectivity index (χ2v) is 8.71. The Hall–Kier alpha value is -2.15. The van der Waals surface area contributed by atoms with Crippen LogP contribution in [-0.2, 0) is 16.0 Å². The Labute approximate surface area is 170 Å². The number of phenolic OH excluding ortho intramolecular Hbond substituents is 1. The van der Waals surface area contributed by atoms with Crippen LogP contribution in [-0.4, -0.2) is 62.6 Å². The molecule has 1 aliphatic carbocycles. The summed E-state index contributed by atoms with van der Waals surface area (Å²) in [5.41, 5.74) is -0.283. The van der Waals surface area contributed by atoms with E-state index in [1.165, 1.54) is 12.1 Å². The fraction of sp³-hybridized carbons (Fsp3) is 0.636. The van der Waals surface area contributed by atoms with Crippen LogP contribution in [0.5, 0.6) is 5.75 Å². The molecule has 1 unspecified atom stereocenters. The first kappa shape index (κ1) is 20.1. The first-order valence-electron chi connectivity index (χ1n) is 10.7. The predicted octanol–water partition coefficient (Wildman–Crippen LogP) is 2.36. The van der Waals surface area contributed by atoms with E-state index in [1.54, 1.807) is 11.0 Å². The van der Waals surface area contributed by atoms with Crippen molar-refractivity contribution in [3.05, 3.63) is 29.6 Å². The van der Waals surface area contributed by atoms with Gasteiger partial charge >= 0.3 is 0 Å². The molecule has 0 aromatic heterocycles. The van der Waals surface area contributed by atoms with Crippen LogP contribution in [0.1, 0.15) is 56.9 Å². The molecule has 2 N–H and O–H groups in total. The average Bonchev–Trinajstić information content (AvgIpc) is 3.12. The fourth-order valence-electron chi connectivity index (χ4n) is 5.39. The summed E-state index contributed by atoms with van der Waals surface area (Å²) in [6, 6.07) is 4.12. The number of amides is 2. The minimum atomic E-state index is -0.777. The molecule has 1 spiro atoms. The van der Waals surface area contributed by atoms with E-state index in [4.69, 9.17) is 0 Å². The zero-order valence-corrected chi connectivity index (χ0v) is 16.6. The van der Waals surface area contributed by atoms with E-state index in [9.17, 15) is 24.2 Å². The van der Waals surface area contributed by atoms with Gasteiger partial charge in [-0.3, -0.25) is 9.59 Å². The number of nitrogens with zero attached hydrogens (tertiary/aromatic N) is 2. The number of benzene rings is 1. The van der Waals surface area contributed by atoms with Gasteiger partial charge in [0.05, 0.1) is 12.5 Å². The summed E-state index contributed by atoms with van der Waals surface area (Å²) in [7, 11) is 0. The normalized spacial score (nSPS) is 30.2. The van der Waals surface area contributed by atoms with Crippen molar-refractivity contribution in [3.63, 3.8) is 0 Å². The van der Waals surface area contributed by atoms with Gasteiger partial charge in [-0.25, -0.2) is 4.39 Å². The van der Waals surface area contributed by atoms with Crippen molar-refractivity contribution in [1.29, 1.82) is 0 Å². The summed E-state index contributed by atoms with van der Waals surface area (Å²) < 4.78 is 13.6. The number of halogens is 1. The lowest BCUT2D eigenvalue weighted by atomic mass is 9.82. The number of aromatic hydroxyl groups is 1. The van der Waals surface area contributed by atoms with Crippen LogP contribution in [0, 0.1) is 5.82 Å². The number of rotatable bonds is 3. The number of hydrogen-bond donors (Lipinski definition) is 2. The van der Waals surface area contributed by atoms with Crippen LogP contribution in [0.4, 0.5) is 4.39 Å². The second kappa shape index (κ2) is 7.94. The standard InChI is InChI=1S/C22H29FN2O4/c23-18-13-15(3-8-19(18)27)14-20(28)25-12-2-10-22(25)9-1-11-24(21(22)29)16-4-6-17(26)7-5-16/h3,8,13,16-17,26-27H,1-2,4-7,9-12,14H2. The van der Waals surface area contributed by atoms with Crippen LogP contribution >= 0.6 is 0 Å². The minimum absolute atomic E-state index is 0.0157. The van der Waals surface area contributed by atoms with Crippen LogP contribution < -0.4 is 0 Å². The van der Waals surface area contributed by atoms with Gasteiger partial charge in [-0.05, 0) is 69.1 Å². The van der Waals surface area contributed by atoms with Crippen LogP contribution in [0.2, 0.25) is 0 Å². The Kier molecular flexibility index (Phi) is 5.51. The summed E-state index contributed by atoms with van der Waals surface area (Å²) in [6.07, 6.45) is 5.81. The third-order valence-corrected chi connectivity index (χ3v) is 6.91. The highest BCUT2D eigenvalue weighted by Gasteiger charge is 2.53. The molecule has 1 saturated carbocycles. The van der Waals surface area contributed by atoms with Crippen molar-refractivity contribution in [1.82, 2.24) is 9.80 Å². The molecule has 6 nitrogen and oxygen atoms in total. The van der Waals surface area contributed by atoms with E-state index in [0.29, 0.717) is 31.5 Å². The Morgan fingerprint density at radius 1 is 1.14 bits per heavy atom. The number of carbonyl (C=O) groups excluding carboxylic acids is 2. The molecule has 1 atom stereocenters. The number of piperidine rings is 1. The predicted molar refractivity (Wildman–Crippen MR) is 105 cm³/mol. The van der Waals surface area contributed by atoms with E-state index >= 15 is 0 Å². The van der Waals surface area contributed by atoms with Gasteiger partial charge in [-0.15, -0.1) is 0 Å². The SMILES string of the molecule is O=C(Cc1ccc(O)c(F)c1)N1CCCC12CCCN(C1CCC(O)CC1)C2=O. The molecule has 1 aromatic carbocycles. The first-order valence-corrected chi connectivity index (χ1v) is 10.7. The minimum Gasteiger partial charge on any atom is -0.505 e. The molecule has 0 radical (unpaired) electrons. The average molecular weight is 404 g/mol. The monoisotopic (exact) mass is 404 g/mol. The third kappa shape index (κ3) is 3.72. The Bertz CT molecular complexity index is 793. The van der Waals surface area contributed by atoms with Crippen molar-refractivity contribution in [3.8, 4) is 5.75 Å². The number of phenols is 1. The van der Waals surface area contributed by atoms with E-state index in [1.807, 2.05) is 4.90 Å². The van der Waals surface area contributed by atoms with E-state index in [0.717, 1.165) is 38.5 Å². The molecule has 2 heterocycles. The molecular formula is C22H29FN2O4. The molecule has 2 saturated heterocycles. The Morgan fingerprint density at radius 2 is 1.83 bits per heavy atom. The van der Waals surface area contributed by atoms with Gasteiger partial charge in [0.25, 0.3) is 0 Å². The first-order chi connectivity index (χ1) is 13.9. The topological polar surface area (TPSA) is 81.1 Å². The van der Waals surface area contributed by atoms with E-state index in [-0.39, 0.29) is 30.4 Å². The molecule has 0 bridgehead atoms. The van der Waals surface area contributed by atoms with E-state index in [2.05, 4.69) is 0 Å². The number of aliphatic hydroxyl groups is 1. The molecule has 1 aromatic rings. The maximum atomic E-state index is 13.6. The van der Waals surface area contributed by atoms with Crippen molar-refractivity contribution in [2.24, 2.45) is 0 Å². The summed E-state index contributed by atoms with van der Waals surface area (Å²) in [6.45, 7) is 1.26. The zero-order chi connectivity index (χ0) is 20.6. The Morgan fingerprint density at radius 3 is 2.52 bits per heavy atom. The fourth-order valence-corrected chi connectivity index (χ4v) is 5.39. The molecular weight excluding hydrogens is 375 g/mol. The molecule has 2 amide bonds.